The van der Waals surface area contributed by atoms with Gasteiger partial charge in [-0.25, -0.2) is 0 Å². The molecule has 0 spiro atoms. The highest BCUT2D eigenvalue weighted by Crippen LogP contribution is 2.01. The molecule has 0 N–H and O–H groups in total. The largest absolute Gasteiger partial charge is 0.299 e. The van der Waals surface area contributed by atoms with Gasteiger partial charge in [0.2, 0.25) is 0 Å². The van der Waals surface area contributed by atoms with Crippen LogP contribution in [0.1, 0.15) is 0 Å². The number of carbonyl (C=O) groups is 1. The Balaban J connectivity index is 2.81. The van der Waals surface area contributed by atoms with Crippen molar-refractivity contribution in [2.45, 2.75) is 0 Å². The van der Waals surface area contributed by atoms with Gasteiger partial charge in [-0.3, -0.25) is 4.79 Å². The van der Waals surface area contributed by atoms with Gasteiger partial charge in [0.05, 0.1) is 0 Å². The van der Waals surface area contributed by atoms with Crippen LogP contribution in [0.3, 0.4) is 0 Å². The van der Waals surface area contributed by atoms with Crippen LogP contribution in [0.15, 0.2) is 48.1 Å². The summed E-state index contributed by atoms with van der Waals surface area (Å²) in [6, 6.07) is 0. The molecule has 0 bridgehead atoms. The summed E-state index contributed by atoms with van der Waals surface area (Å²) in [6.07, 6.45) is 13.7. The van der Waals surface area contributed by atoms with E-state index in [2.05, 4.69) is 0 Å². The minimum atomic E-state index is 0.787. The lowest BCUT2D eigenvalue weighted by Gasteiger charge is -1.84. The first-order chi connectivity index (χ1) is 4.93. The van der Waals surface area contributed by atoms with Gasteiger partial charge in [-0.05, 0) is 11.6 Å². The topological polar surface area (TPSA) is 17.1 Å². The second-order valence-corrected chi connectivity index (χ2v) is 1.91. The number of aldehydes is 1. The molecule has 10 heavy (non-hydrogen) atoms. The van der Waals surface area contributed by atoms with Crippen LogP contribution in [0.25, 0.3) is 0 Å². The standard InChI is InChI=1S/C9H8O/c10-8-7-9-5-3-1-2-4-6-9/h1-8H. The fourth-order valence-electron chi connectivity index (χ4n) is 0.707. The molecule has 0 fully saturated rings. The first kappa shape index (κ1) is 6.75. The van der Waals surface area contributed by atoms with Crippen molar-refractivity contribution in [1.82, 2.24) is 0 Å². The average Bonchev–Trinajstić information content (AvgIpc) is 2.17. The highest BCUT2D eigenvalue weighted by Gasteiger charge is 1.84. The van der Waals surface area contributed by atoms with Crippen LogP contribution < -0.4 is 0 Å². The Morgan fingerprint density at radius 2 is 1.60 bits per heavy atom. The van der Waals surface area contributed by atoms with Crippen LogP contribution >= 0.6 is 0 Å². The van der Waals surface area contributed by atoms with Crippen molar-refractivity contribution in [3.05, 3.63) is 48.1 Å². The highest BCUT2D eigenvalue weighted by molar-refractivity contribution is 5.68. The first-order valence-corrected chi connectivity index (χ1v) is 3.10. The Bertz CT molecular complexity index is 211. The zero-order valence-corrected chi connectivity index (χ0v) is 5.53. The van der Waals surface area contributed by atoms with E-state index in [1.165, 1.54) is 6.08 Å². The lowest BCUT2D eigenvalue weighted by molar-refractivity contribution is -0.104. The summed E-state index contributed by atoms with van der Waals surface area (Å²) in [5.74, 6) is 0. The fraction of sp³-hybridized carbons (Fsp3) is 0. The van der Waals surface area contributed by atoms with Crippen molar-refractivity contribution in [1.29, 1.82) is 0 Å². The van der Waals surface area contributed by atoms with Gasteiger partial charge >= 0.3 is 0 Å². The van der Waals surface area contributed by atoms with Gasteiger partial charge < -0.3 is 0 Å². The van der Waals surface area contributed by atoms with E-state index >= 15 is 0 Å². The first-order valence-electron chi connectivity index (χ1n) is 3.10. The Kier molecular flexibility index (Phi) is 2.44. The summed E-state index contributed by atoms with van der Waals surface area (Å²) in [5.41, 5.74) is 0.931. The summed E-state index contributed by atoms with van der Waals surface area (Å²) in [4.78, 5) is 10.0. The SMILES string of the molecule is O=CC=C1C=CC=CC=C1. The van der Waals surface area contributed by atoms with Crippen LogP contribution in [-0.4, -0.2) is 6.29 Å². The molecule has 50 valence electrons. The average molecular weight is 132 g/mol. The van der Waals surface area contributed by atoms with E-state index in [9.17, 15) is 4.79 Å². The van der Waals surface area contributed by atoms with Crippen LogP contribution in [0, 0.1) is 0 Å². The molecule has 1 rings (SSSR count). The summed E-state index contributed by atoms with van der Waals surface area (Å²) in [5, 5.41) is 0. The smallest absolute Gasteiger partial charge is 0.143 e. The molecule has 0 aromatic heterocycles. The highest BCUT2D eigenvalue weighted by atomic mass is 16.1. The number of rotatable bonds is 1. The third-order valence-electron chi connectivity index (χ3n) is 1.17. The van der Waals surface area contributed by atoms with Gasteiger partial charge in [-0.1, -0.05) is 36.5 Å². The normalized spacial score (nSPS) is 15.0. The molecule has 0 aromatic rings. The molecule has 0 aliphatic heterocycles. The minimum Gasteiger partial charge on any atom is -0.299 e. The van der Waals surface area contributed by atoms with E-state index in [4.69, 9.17) is 0 Å². The predicted molar refractivity (Wildman–Crippen MR) is 41.6 cm³/mol. The van der Waals surface area contributed by atoms with Crippen LogP contribution in [0.5, 0.6) is 0 Å². The van der Waals surface area contributed by atoms with Gasteiger partial charge in [-0.2, -0.15) is 0 Å². The maximum atomic E-state index is 10.0. The molecule has 0 radical (unpaired) electrons. The number of allylic oxidation sites excluding steroid dienone is 8. The van der Waals surface area contributed by atoms with E-state index in [1.54, 1.807) is 0 Å². The predicted octanol–water partition coefficient (Wildman–Crippen LogP) is 1.79. The molecule has 1 heteroatoms. The van der Waals surface area contributed by atoms with Crippen molar-refractivity contribution in [3.63, 3.8) is 0 Å². The Morgan fingerprint density at radius 3 is 2.10 bits per heavy atom. The molecule has 0 saturated carbocycles. The van der Waals surface area contributed by atoms with Crippen molar-refractivity contribution >= 4 is 6.29 Å². The number of hydrogen-bond donors (Lipinski definition) is 0. The van der Waals surface area contributed by atoms with E-state index in [0.717, 1.165) is 11.9 Å². The lowest BCUT2D eigenvalue weighted by atomic mass is 10.2. The number of hydrogen-bond acceptors (Lipinski definition) is 1. The maximum absolute atomic E-state index is 10.0. The van der Waals surface area contributed by atoms with Crippen LogP contribution in [0.4, 0.5) is 0 Å². The van der Waals surface area contributed by atoms with Gasteiger partial charge in [0, 0.05) is 0 Å². The molecule has 0 heterocycles. The van der Waals surface area contributed by atoms with Crippen molar-refractivity contribution < 1.29 is 4.79 Å². The van der Waals surface area contributed by atoms with Crippen molar-refractivity contribution in [2.75, 3.05) is 0 Å². The molecule has 1 aliphatic carbocycles. The zero-order chi connectivity index (χ0) is 7.23. The molecular weight excluding hydrogens is 124 g/mol. The molecular formula is C9H8O. The van der Waals surface area contributed by atoms with Crippen molar-refractivity contribution in [3.8, 4) is 0 Å². The van der Waals surface area contributed by atoms with E-state index in [1.807, 2.05) is 36.5 Å². The zero-order valence-electron chi connectivity index (χ0n) is 5.53. The summed E-state index contributed by atoms with van der Waals surface area (Å²) in [6.45, 7) is 0. The minimum absolute atomic E-state index is 0.787. The quantitative estimate of drug-likeness (QED) is 0.392. The van der Waals surface area contributed by atoms with Gasteiger partial charge in [0.1, 0.15) is 6.29 Å². The Labute approximate surface area is 60.1 Å². The molecule has 0 saturated heterocycles. The summed E-state index contributed by atoms with van der Waals surface area (Å²) >= 11 is 0. The van der Waals surface area contributed by atoms with E-state index in [0.29, 0.717) is 0 Å². The third kappa shape index (κ3) is 1.86. The second-order valence-electron chi connectivity index (χ2n) is 1.91. The molecule has 0 aromatic carbocycles. The monoisotopic (exact) mass is 132 g/mol. The van der Waals surface area contributed by atoms with E-state index < -0.39 is 0 Å². The molecule has 1 aliphatic rings. The Morgan fingerprint density at radius 1 is 1.00 bits per heavy atom. The molecule has 0 atom stereocenters. The lowest BCUT2D eigenvalue weighted by Crippen LogP contribution is -1.70. The number of carbonyl (C=O) groups excluding carboxylic acids is 1. The maximum Gasteiger partial charge on any atom is 0.143 e. The van der Waals surface area contributed by atoms with E-state index in [-0.39, 0.29) is 0 Å². The molecule has 1 nitrogen and oxygen atoms in total. The van der Waals surface area contributed by atoms with Gasteiger partial charge in [-0.15, -0.1) is 0 Å². The van der Waals surface area contributed by atoms with Crippen LogP contribution in [0.2, 0.25) is 0 Å². The Hall–Kier alpha value is -1.37. The van der Waals surface area contributed by atoms with Crippen LogP contribution in [-0.2, 0) is 4.79 Å². The molecule has 0 amide bonds. The summed E-state index contributed by atoms with van der Waals surface area (Å²) in [7, 11) is 0. The fourth-order valence-corrected chi connectivity index (χ4v) is 0.707. The van der Waals surface area contributed by atoms with Gasteiger partial charge in [0.25, 0.3) is 0 Å². The second kappa shape index (κ2) is 3.62. The molecule has 0 unspecified atom stereocenters. The third-order valence-corrected chi connectivity index (χ3v) is 1.17. The summed E-state index contributed by atoms with van der Waals surface area (Å²) < 4.78 is 0. The van der Waals surface area contributed by atoms with Crippen molar-refractivity contribution in [2.24, 2.45) is 0 Å². The van der Waals surface area contributed by atoms with Gasteiger partial charge in [0.15, 0.2) is 0 Å².